The first kappa shape index (κ1) is 19.3. The van der Waals surface area contributed by atoms with Crippen LogP contribution >= 0.6 is 11.3 Å². The number of carbonyl (C=O) groups excluding carboxylic acids is 3. The largest absolute Gasteiger partial charge is 0.459 e. The number of amides is 3. The normalized spacial score (nSPS) is 10.3. The van der Waals surface area contributed by atoms with Gasteiger partial charge >= 0.3 is 0 Å². The zero-order valence-electron chi connectivity index (χ0n) is 14.8. The number of carbonyl (C=O) groups is 3. The molecule has 0 aliphatic carbocycles. The monoisotopic (exact) mass is 398 g/mol. The lowest BCUT2D eigenvalue weighted by Crippen LogP contribution is -2.35. The number of hydrogen-bond donors (Lipinski definition) is 3. The Morgan fingerprint density at radius 3 is 2.50 bits per heavy atom. The van der Waals surface area contributed by atoms with Crippen molar-refractivity contribution in [1.82, 2.24) is 15.6 Å². The highest BCUT2D eigenvalue weighted by Crippen LogP contribution is 2.17. The lowest BCUT2D eigenvalue weighted by molar-refractivity contribution is -0.120. The molecule has 0 aliphatic heterocycles. The Balaban J connectivity index is 1.37. The molecule has 28 heavy (non-hydrogen) atoms. The van der Waals surface area contributed by atoms with E-state index in [0.29, 0.717) is 29.5 Å². The van der Waals surface area contributed by atoms with E-state index in [2.05, 4.69) is 20.9 Å². The van der Waals surface area contributed by atoms with Crippen molar-refractivity contribution in [2.24, 2.45) is 0 Å². The topological polar surface area (TPSA) is 113 Å². The van der Waals surface area contributed by atoms with E-state index in [0.717, 1.165) is 0 Å². The SMILES string of the molecule is O=C(Cc1csc(NC(=O)c2ccco2)n1)NCCNC(=O)c1ccccc1. The Hall–Kier alpha value is -3.46. The quantitative estimate of drug-likeness (QED) is 0.503. The van der Waals surface area contributed by atoms with Crippen molar-refractivity contribution in [2.75, 3.05) is 18.4 Å². The van der Waals surface area contributed by atoms with Crippen LogP contribution < -0.4 is 16.0 Å². The molecular weight excluding hydrogens is 380 g/mol. The maximum Gasteiger partial charge on any atom is 0.293 e. The number of aromatic nitrogens is 1. The molecule has 144 valence electrons. The van der Waals surface area contributed by atoms with E-state index in [-0.39, 0.29) is 24.0 Å². The van der Waals surface area contributed by atoms with E-state index >= 15 is 0 Å². The van der Waals surface area contributed by atoms with Gasteiger partial charge in [0.1, 0.15) is 0 Å². The smallest absolute Gasteiger partial charge is 0.293 e. The number of nitrogens with zero attached hydrogens (tertiary/aromatic N) is 1. The minimum Gasteiger partial charge on any atom is -0.459 e. The first-order valence-corrected chi connectivity index (χ1v) is 9.39. The zero-order chi connectivity index (χ0) is 19.8. The van der Waals surface area contributed by atoms with Crippen LogP contribution in [0.2, 0.25) is 0 Å². The van der Waals surface area contributed by atoms with E-state index in [9.17, 15) is 14.4 Å². The fraction of sp³-hybridized carbons (Fsp3) is 0.158. The third-order valence-corrected chi connectivity index (χ3v) is 4.43. The van der Waals surface area contributed by atoms with Gasteiger partial charge in [-0.05, 0) is 24.3 Å². The molecule has 1 aromatic carbocycles. The van der Waals surface area contributed by atoms with Crippen molar-refractivity contribution in [2.45, 2.75) is 6.42 Å². The summed E-state index contributed by atoms with van der Waals surface area (Å²) in [4.78, 5) is 40.0. The van der Waals surface area contributed by atoms with E-state index < -0.39 is 5.91 Å². The molecule has 0 fully saturated rings. The Morgan fingerprint density at radius 1 is 0.964 bits per heavy atom. The molecule has 0 radical (unpaired) electrons. The van der Waals surface area contributed by atoms with Crippen LogP contribution in [0.15, 0.2) is 58.5 Å². The number of benzene rings is 1. The average molecular weight is 398 g/mol. The summed E-state index contributed by atoms with van der Waals surface area (Å²) in [6.07, 6.45) is 1.49. The molecule has 0 aliphatic rings. The Labute approximate surface area is 165 Å². The highest BCUT2D eigenvalue weighted by molar-refractivity contribution is 7.14. The molecule has 3 aromatic rings. The standard InChI is InChI=1S/C19H18N4O4S/c24-16(20-8-9-21-17(25)13-5-2-1-3-6-13)11-14-12-28-19(22-14)23-18(26)15-7-4-10-27-15/h1-7,10,12H,8-9,11H2,(H,20,24)(H,21,25)(H,22,23,26). The summed E-state index contributed by atoms with van der Waals surface area (Å²) in [6.45, 7) is 0.630. The summed E-state index contributed by atoms with van der Waals surface area (Å²) in [5, 5.41) is 10.2. The molecule has 2 aromatic heterocycles. The van der Waals surface area contributed by atoms with Crippen molar-refractivity contribution in [3.63, 3.8) is 0 Å². The summed E-state index contributed by atoms with van der Waals surface area (Å²) in [6, 6.07) is 12.0. The van der Waals surface area contributed by atoms with Crippen molar-refractivity contribution in [1.29, 1.82) is 0 Å². The molecular formula is C19H18N4O4S. The fourth-order valence-corrected chi connectivity index (χ4v) is 3.01. The minimum absolute atomic E-state index is 0.0831. The first-order chi connectivity index (χ1) is 13.6. The fourth-order valence-electron chi connectivity index (χ4n) is 2.31. The molecule has 9 heteroatoms. The van der Waals surface area contributed by atoms with Gasteiger partial charge in [0.15, 0.2) is 10.9 Å². The molecule has 0 bridgehead atoms. The van der Waals surface area contributed by atoms with Gasteiger partial charge in [-0.25, -0.2) is 4.98 Å². The van der Waals surface area contributed by atoms with Crippen molar-refractivity contribution in [3.8, 4) is 0 Å². The molecule has 0 saturated heterocycles. The molecule has 0 unspecified atom stereocenters. The van der Waals surface area contributed by atoms with E-state index in [4.69, 9.17) is 4.42 Å². The van der Waals surface area contributed by atoms with E-state index in [1.165, 1.54) is 17.6 Å². The third-order valence-electron chi connectivity index (χ3n) is 3.63. The first-order valence-electron chi connectivity index (χ1n) is 8.51. The molecule has 2 heterocycles. The predicted octanol–water partition coefficient (Wildman–Crippen LogP) is 2.08. The second kappa shape index (κ2) is 9.47. The molecule has 0 atom stereocenters. The van der Waals surface area contributed by atoms with Gasteiger partial charge in [-0.1, -0.05) is 18.2 Å². The Morgan fingerprint density at radius 2 is 1.75 bits per heavy atom. The van der Waals surface area contributed by atoms with Gasteiger partial charge in [-0.15, -0.1) is 11.3 Å². The second-order valence-corrected chi connectivity index (χ2v) is 6.58. The summed E-state index contributed by atoms with van der Waals surface area (Å²) in [5.74, 6) is -0.619. The lowest BCUT2D eigenvalue weighted by atomic mass is 10.2. The van der Waals surface area contributed by atoms with Gasteiger partial charge in [0, 0.05) is 24.0 Å². The minimum atomic E-state index is -0.399. The third kappa shape index (κ3) is 5.52. The van der Waals surface area contributed by atoms with Gasteiger partial charge in [-0.3, -0.25) is 19.7 Å². The van der Waals surface area contributed by atoms with Crippen LogP contribution in [-0.2, 0) is 11.2 Å². The van der Waals surface area contributed by atoms with Crippen LogP contribution in [0.3, 0.4) is 0 Å². The van der Waals surface area contributed by atoms with Crippen LogP contribution in [-0.4, -0.2) is 35.8 Å². The Bertz CT molecular complexity index is 938. The molecule has 0 spiro atoms. The molecule has 3 N–H and O–H groups in total. The van der Waals surface area contributed by atoms with Crippen LogP contribution in [0.4, 0.5) is 5.13 Å². The second-order valence-electron chi connectivity index (χ2n) is 5.72. The van der Waals surface area contributed by atoms with E-state index in [1.54, 1.807) is 41.8 Å². The maximum absolute atomic E-state index is 12.0. The summed E-state index contributed by atoms with van der Waals surface area (Å²) in [7, 11) is 0. The molecule has 3 rings (SSSR count). The highest BCUT2D eigenvalue weighted by Gasteiger charge is 2.13. The number of anilines is 1. The number of rotatable bonds is 8. The number of nitrogens with one attached hydrogen (secondary N) is 3. The van der Waals surface area contributed by atoms with Gasteiger partial charge in [0.25, 0.3) is 11.8 Å². The zero-order valence-corrected chi connectivity index (χ0v) is 15.6. The summed E-state index contributed by atoms with van der Waals surface area (Å²) in [5.41, 5.74) is 1.12. The molecule has 0 saturated carbocycles. The maximum atomic E-state index is 12.0. The highest BCUT2D eigenvalue weighted by atomic mass is 32.1. The predicted molar refractivity (Wildman–Crippen MR) is 104 cm³/mol. The molecule has 3 amide bonds. The summed E-state index contributed by atoms with van der Waals surface area (Å²) >= 11 is 1.23. The Kier molecular flexibility index (Phi) is 6.53. The number of hydrogen-bond acceptors (Lipinski definition) is 6. The van der Waals surface area contributed by atoms with Crippen molar-refractivity contribution >= 4 is 34.2 Å². The van der Waals surface area contributed by atoms with Crippen LogP contribution in [0.25, 0.3) is 0 Å². The van der Waals surface area contributed by atoms with Gasteiger partial charge in [0.2, 0.25) is 5.91 Å². The molecule has 8 nitrogen and oxygen atoms in total. The van der Waals surface area contributed by atoms with Crippen LogP contribution in [0.1, 0.15) is 26.6 Å². The number of furan rings is 1. The van der Waals surface area contributed by atoms with Crippen molar-refractivity contribution in [3.05, 3.63) is 71.1 Å². The van der Waals surface area contributed by atoms with Crippen LogP contribution in [0.5, 0.6) is 0 Å². The summed E-state index contributed by atoms with van der Waals surface area (Å²) < 4.78 is 5.01. The van der Waals surface area contributed by atoms with Crippen molar-refractivity contribution < 1.29 is 18.8 Å². The van der Waals surface area contributed by atoms with E-state index in [1.807, 2.05) is 6.07 Å². The van der Waals surface area contributed by atoms with Gasteiger partial charge < -0.3 is 15.1 Å². The lowest BCUT2D eigenvalue weighted by Gasteiger charge is -2.06. The number of thiazole rings is 1. The van der Waals surface area contributed by atoms with Gasteiger partial charge in [0.05, 0.1) is 18.4 Å². The van der Waals surface area contributed by atoms with Crippen LogP contribution in [0, 0.1) is 0 Å². The average Bonchev–Trinajstić information content (AvgIpc) is 3.38. The van der Waals surface area contributed by atoms with Gasteiger partial charge in [-0.2, -0.15) is 0 Å².